The molecule has 2 rings (SSSR count). The number of hydrogen-bond donors (Lipinski definition) is 2. The summed E-state index contributed by atoms with van der Waals surface area (Å²) in [6, 6.07) is 13.8. The van der Waals surface area contributed by atoms with Crippen LogP contribution in [0.1, 0.15) is 15.9 Å². The van der Waals surface area contributed by atoms with Crippen molar-refractivity contribution in [1.82, 2.24) is 10.7 Å². The normalized spacial score (nSPS) is 10.4. The maximum absolute atomic E-state index is 11.9. The molecule has 0 aliphatic rings. The van der Waals surface area contributed by atoms with E-state index < -0.39 is 11.8 Å². The number of benzene rings is 2. The molecule has 2 aromatic rings. The fourth-order valence-corrected chi connectivity index (χ4v) is 2.11. The lowest BCUT2D eigenvalue weighted by Crippen LogP contribution is -2.35. The summed E-state index contributed by atoms with van der Waals surface area (Å²) in [5.41, 5.74) is 3.36. The predicted octanol–water partition coefficient (Wildman–Crippen LogP) is 2.23. The van der Waals surface area contributed by atoms with E-state index in [1.165, 1.54) is 6.21 Å². The fourth-order valence-electron chi connectivity index (χ4n) is 1.89. The summed E-state index contributed by atoms with van der Waals surface area (Å²) in [6.45, 7) is -0.215. The lowest BCUT2D eigenvalue weighted by atomic mass is 10.2. The Morgan fingerprint density at radius 2 is 1.88 bits per heavy atom. The molecule has 0 saturated heterocycles. The second-order valence-corrected chi connectivity index (χ2v) is 5.10. The van der Waals surface area contributed by atoms with E-state index in [0.29, 0.717) is 16.3 Å². The standard InChI is InChI=1S/C17H16ClN3O3/c1-24-15-9-5-2-6-12(15)10-20-21-16(22)11-19-17(23)13-7-3-4-8-14(13)18/h2-10H,11H2,1H3,(H,19,23)(H,21,22)/b20-10-. The molecule has 0 unspecified atom stereocenters. The van der Waals surface area contributed by atoms with Crippen molar-refractivity contribution in [3.63, 3.8) is 0 Å². The molecule has 0 aliphatic heterocycles. The first-order chi connectivity index (χ1) is 11.6. The molecule has 0 atom stereocenters. The third-order valence-corrected chi connectivity index (χ3v) is 3.39. The molecule has 0 radical (unpaired) electrons. The van der Waals surface area contributed by atoms with Gasteiger partial charge in [0.1, 0.15) is 5.75 Å². The van der Waals surface area contributed by atoms with Gasteiger partial charge < -0.3 is 10.1 Å². The van der Waals surface area contributed by atoms with E-state index in [1.807, 2.05) is 12.1 Å². The van der Waals surface area contributed by atoms with Crippen molar-refractivity contribution >= 4 is 29.6 Å². The summed E-state index contributed by atoms with van der Waals surface area (Å²) in [4.78, 5) is 23.6. The Balaban J connectivity index is 1.84. The number of halogens is 1. The highest BCUT2D eigenvalue weighted by Gasteiger charge is 2.10. The van der Waals surface area contributed by atoms with E-state index >= 15 is 0 Å². The van der Waals surface area contributed by atoms with Gasteiger partial charge in [0, 0.05) is 5.56 Å². The van der Waals surface area contributed by atoms with Crippen LogP contribution in [-0.2, 0) is 4.79 Å². The molecule has 124 valence electrons. The van der Waals surface area contributed by atoms with Gasteiger partial charge >= 0.3 is 0 Å². The topological polar surface area (TPSA) is 79.8 Å². The second kappa shape index (κ2) is 8.69. The maximum atomic E-state index is 11.9. The molecular weight excluding hydrogens is 330 g/mol. The average molecular weight is 346 g/mol. The number of carbonyl (C=O) groups excluding carboxylic acids is 2. The van der Waals surface area contributed by atoms with Crippen LogP contribution in [0.3, 0.4) is 0 Å². The zero-order chi connectivity index (χ0) is 17.4. The van der Waals surface area contributed by atoms with Crippen molar-refractivity contribution in [2.24, 2.45) is 5.10 Å². The number of para-hydroxylation sites is 1. The first-order valence-electron chi connectivity index (χ1n) is 7.09. The van der Waals surface area contributed by atoms with Crippen LogP contribution in [0.25, 0.3) is 0 Å². The van der Waals surface area contributed by atoms with Crippen LogP contribution < -0.4 is 15.5 Å². The summed E-state index contributed by atoms with van der Waals surface area (Å²) < 4.78 is 5.17. The molecule has 2 aromatic carbocycles. The molecule has 24 heavy (non-hydrogen) atoms. The Morgan fingerprint density at radius 3 is 2.62 bits per heavy atom. The average Bonchev–Trinajstić information content (AvgIpc) is 2.60. The van der Waals surface area contributed by atoms with Crippen LogP contribution in [0.15, 0.2) is 53.6 Å². The van der Waals surface area contributed by atoms with Gasteiger partial charge in [-0.05, 0) is 24.3 Å². The Hall–Kier alpha value is -2.86. The predicted molar refractivity (Wildman–Crippen MR) is 92.5 cm³/mol. The Bertz CT molecular complexity index is 762. The van der Waals surface area contributed by atoms with Crippen molar-refractivity contribution in [3.8, 4) is 5.75 Å². The fraction of sp³-hybridized carbons (Fsp3) is 0.118. The highest BCUT2D eigenvalue weighted by molar-refractivity contribution is 6.33. The Kier molecular flexibility index (Phi) is 6.33. The number of methoxy groups -OCH3 is 1. The summed E-state index contributed by atoms with van der Waals surface area (Å²) in [6.07, 6.45) is 1.46. The van der Waals surface area contributed by atoms with Crippen molar-refractivity contribution < 1.29 is 14.3 Å². The van der Waals surface area contributed by atoms with Crippen molar-refractivity contribution in [1.29, 1.82) is 0 Å². The number of hydrazone groups is 1. The van der Waals surface area contributed by atoms with Gasteiger partial charge in [0.25, 0.3) is 11.8 Å². The molecule has 0 aliphatic carbocycles. The van der Waals surface area contributed by atoms with Gasteiger partial charge in [-0.3, -0.25) is 9.59 Å². The van der Waals surface area contributed by atoms with E-state index in [-0.39, 0.29) is 6.54 Å². The van der Waals surface area contributed by atoms with Crippen LogP contribution in [0, 0.1) is 0 Å². The number of nitrogens with one attached hydrogen (secondary N) is 2. The number of hydrogen-bond acceptors (Lipinski definition) is 4. The number of rotatable bonds is 6. The molecule has 0 spiro atoms. The van der Waals surface area contributed by atoms with Crippen molar-refractivity contribution in [2.75, 3.05) is 13.7 Å². The second-order valence-electron chi connectivity index (χ2n) is 4.70. The highest BCUT2D eigenvalue weighted by Crippen LogP contribution is 2.15. The lowest BCUT2D eigenvalue weighted by Gasteiger charge is -2.06. The smallest absolute Gasteiger partial charge is 0.259 e. The minimum absolute atomic E-state index is 0.215. The van der Waals surface area contributed by atoms with Gasteiger partial charge in [-0.1, -0.05) is 35.9 Å². The Labute approximate surface area is 144 Å². The van der Waals surface area contributed by atoms with E-state index in [1.54, 1.807) is 43.5 Å². The van der Waals surface area contributed by atoms with Gasteiger partial charge in [-0.15, -0.1) is 0 Å². The van der Waals surface area contributed by atoms with Crippen LogP contribution in [0.5, 0.6) is 5.75 Å². The monoisotopic (exact) mass is 345 g/mol. The van der Waals surface area contributed by atoms with Gasteiger partial charge in [0.15, 0.2) is 0 Å². The largest absolute Gasteiger partial charge is 0.496 e. The van der Waals surface area contributed by atoms with Gasteiger partial charge in [0.2, 0.25) is 0 Å². The molecular formula is C17H16ClN3O3. The molecule has 7 heteroatoms. The molecule has 0 heterocycles. The van der Waals surface area contributed by atoms with Gasteiger partial charge in [0.05, 0.1) is 30.5 Å². The third kappa shape index (κ3) is 4.82. The quantitative estimate of drug-likeness (QED) is 0.622. The third-order valence-electron chi connectivity index (χ3n) is 3.06. The van der Waals surface area contributed by atoms with Crippen LogP contribution in [0.2, 0.25) is 5.02 Å². The summed E-state index contributed by atoms with van der Waals surface area (Å²) in [5, 5.41) is 6.64. The minimum Gasteiger partial charge on any atom is -0.496 e. The van der Waals surface area contributed by atoms with Crippen molar-refractivity contribution in [2.45, 2.75) is 0 Å². The molecule has 6 nitrogen and oxygen atoms in total. The van der Waals surface area contributed by atoms with Crippen LogP contribution in [-0.4, -0.2) is 31.7 Å². The van der Waals surface area contributed by atoms with E-state index in [9.17, 15) is 9.59 Å². The summed E-state index contributed by atoms with van der Waals surface area (Å²) in [7, 11) is 1.55. The summed E-state index contributed by atoms with van der Waals surface area (Å²) in [5.74, 6) is -0.242. The molecule has 2 N–H and O–H groups in total. The van der Waals surface area contributed by atoms with Crippen LogP contribution >= 0.6 is 11.6 Å². The molecule has 0 aromatic heterocycles. The first-order valence-corrected chi connectivity index (χ1v) is 7.47. The molecule has 2 amide bonds. The molecule has 0 bridgehead atoms. The SMILES string of the molecule is COc1ccccc1/C=N\NC(=O)CNC(=O)c1ccccc1Cl. The highest BCUT2D eigenvalue weighted by atomic mass is 35.5. The molecule has 0 saturated carbocycles. The number of carbonyl (C=O) groups is 2. The summed E-state index contributed by atoms with van der Waals surface area (Å²) >= 11 is 5.92. The number of amides is 2. The van der Waals surface area contributed by atoms with Crippen LogP contribution in [0.4, 0.5) is 0 Å². The Morgan fingerprint density at radius 1 is 1.17 bits per heavy atom. The zero-order valence-corrected chi connectivity index (χ0v) is 13.7. The van der Waals surface area contributed by atoms with E-state index in [2.05, 4.69) is 15.8 Å². The van der Waals surface area contributed by atoms with Gasteiger partial charge in [-0.2, -0.15) is 5.10 Å². The van der Waals surface area contributed by atoms with E-state index in [0.717, 1.165) is 5.56 Å². The first kappa shape index (κ1) is 17.5. The number of nitrogens with zero attached hydrogens (tertiary/aromatic N) is 1. The lowest BCUT2D eigenvalue weighted by molar-refractivity contribution is -0.120. The minimum atomic E-state index is -0.457. The zero-order valence-electron chi connectivity index (χ0n) is 13.0. The van der Waals surface area contributed by atoms with E-state index in [4.69, 9.17) is 16.3 Å². The molecule has 0 fully saturated rings. The number of ether oxygens (including phenoxy) is 1. The maximum Gasteiger partial charge on any atom is 0.259 e. The van der Waals surface area contributed by atoms with Gasteiger partial charge in [-0.25, -0.2) is 5.43 Å². The van der Waals surface area contributed by atoms with Crippen molar-refractivity contribution in [3.05, 3.63) is 64.7 Å².